The van der Waals surface area contributed by atoms with Crippen LogP contribution in [0.4, 0.5) is 0 Å². The topological polar surface area (TPSA) is 69.6 Å². The van der Waals surface area contributed by atoms with Crippen molar-refractivity contribution in [2.75, 3.05) is 32.7 Å². The van der Waals surface area contributed by atoms with Crippen molar-refractivity contribution in [2.24, 2.45) is 0 Å². The van der Waals surface area contributed by atoms with Crippen molar-refractivity contribution in [3.8, 4) is 0 Å². The van der Waals surface area contributed by atoms with Crippen molar-refractivity contribution in [3.63, 3.8) is 0 Å². The Morgan fingerprint density at radius 2 is 1.88 bits per heavy atom. The van der Waals surface area contributed by atoms with Gasteiger partial charge in [0.2, 0.25) is 0 Å². The van der Waals surface area contributed by atoms with Crippen molar-refractivity contribution >= 4 is 28.3 Å². The molecule has 3 aromatic rings. The van der Waals surface area contributed by atoms with Gasteiger partial charge in [-0.1, -0.05) is 18.2 Å². The lowest BCUT2D eigenvalue weighted by atomic mass is 10.2. The number of carbonyl (C=O) groups excluding carboxylic acids is 1. The molecule has 7 heteroatoms. The summed E-state index contributed by atoms with van der Waals surface area (Å²) < 4.78 is 0. The number of β-amino-alcohol motifs (C(OH)–C–C–N with tert-alkyl or cyclic N) is 1. The van der Waals surface area contributed by atoms with Crippen LogP contribution < -0.4 is 0 Å². The smallest absolute Gasteiger partial charge is 0.274 e. The number of aliphatic hydroxyl groups is 1. The number of hydrogen-bond acceptors (Lipinski definition) is 6. The molecule has 1 fully saturated rings. The van der Waals surface area contributed by atoms with Gasteiger partial charge in [-0.05, 0) is 23.6 Å². The van der Waals surface area contributed by atoms with Crippen molar-refractivity contribution < 1.29 is 9.90 Å². The van der Waals surface area contributed by atoms with Crippen molar-refractivity contribution in [1.29, 1.82) is 0 Å². The van der Waals surface area contributed by atoms with E-state index in [1.54, 1.807) is 17.5 Å². The first-order valence-electron chi connectivity index (χ1n) is 8.65. The van der Waals surface area contributed by atoms with Crippen LogP contribution in [0.2, 0.25) is 0 Å². The van der Waals surface area contributed by atoms with Gasteiger partial charge in [0.05, 0.1) is 17.2 Å². The highest BCUT2D eigenvalue weighted by Crippen LogP contribution is 2.20. The summed E-state index contributed by atoms with van der Waals surface area (Å²) in [4.78, 5) is 26.5. The molecule has 1 amide bonds. The summed E-state index contributed by atoms with van der Waals surface area (Å²) >= 11 is 1.57. The third kappa shape index (κ3) is 3.60. The van der Waals surface area contributed by atoms with Gasteiger partial charge in [-0.25, -0.2) is 4.98 Å². The molecule has 4 rings (SSSR count). The maximum atomic E-state index is 12.7. The lowest BCUT2D eigenvalue weighted by Crippen LogP contribution is -2.49. The van der Waals surface area contributed by atoms with Crippen molar-refractivity contribution in [2.45, 2.75) is 6.10 Å². The van der Waals surface area contributed by atoms with Gasteiger partial charge in [0.15, 0.2) is 0 Å². The highest BCUT2D eigenvalue weighted by Gasteiger charge is 2.25. The molecule has 0 spiro atoms. The molecule has 0 radical (unpaired) electrons. The molecule has 1 aliphatic rings. The van der Waals surface area contributed by atoms with E-state index in [9.17, 15) is 9.90 Å². The zero-order chi connectivity index (χ0) is 17.9. The van der Waals surface area contributed by atoms with Gasteiger partial charge in [0.1, 0.15) is 11.8 Å². The van der Waals surface area contributed by atoms with Crippen LogP contribution in [0, 0.1) is 0 Å². The minimum atomic E-state index is -0.469. The second-order valence-corrected chi connectivity index (χ2v) is 7.35. The molecule has 134 valence electrons. The number of carbonyl (C=O) groups is 1. The predicted octanol–water partition coefficient (Wildman–Crippen LogP) is 2.18. The van der Waals surface area contributed by atoms with Crippen LogP contribution in [0.15, 0.2) is 48.0 Å². The molecule has 1 N–H and O–H groups in total. The molecule has 0 bridgehead atoms. The summed E-state index contributed by atoms with van der Waals surface area (Å²) in [5.41, 5.74) is 1.91. The third-order valence-corrected chi connectivity index (χ3v) is 5.60. The van der Waals surface area contributed by atoms with Gasteiger partial charge < -0.3 is 10.0 Å². The number of aliphatic hydroxyl groups excluding tert-OH is 1. The molecular weight excluding hydrogens is 348 g/mol. The Morgan fingerprint density at radius 1 is 1.12 bits per heavy atom. The zero-order valence-electron chi connectivity index (χ0n) is 14.3. The Labute approximate surface area is 155 Å². The van der Waals surface area contributed by atoms with E-state index in [1.165, 1.54) is 0 Å². The maximum absolute atomic E-state index is 12.7. The molecule has 1 aromatic carbocycles. The van der Waals surface area contributed by atoms with E-state index in [4.69, 9.17) is 0 Å². The van der Waals surface area contributed by atoms with E-state index in [0.717, 1.165) is 29.0 Å². The Bertz CT molecular complexity index is 891. The fraction of sp³-hybridized carbons (Fsp3) is 0.316. The lowest BCUT2D eigenvalue weighted by molar-refractivity contribution is 0.0528. The lowest BCUT2D eigenvalue weighted by Gasteiger charge is -2.35. The normalized spacial score (nSPS) is 16.7. The van der Waals surface area contributed by atoms with E-state index >= 15 is 0 Å². The molecule has 3 heterocycles. The molecule has 1 saturated heterocycles. The molecule has 1 unspecified atom stereocenters. The Kier molecular flexibility index (Phi) is 4.92. The molecule has 1 aliphatic heterocycles. The summed E-state index contributed by atoms with van der Waals surface area (Å²) in [5, 5.41) is 12.3. The highest BCUT2D eigenvalue weighted by atomic mass is 32.1. The zero-order valence-corrected chi connectivity index (χ0v) is 15.1. The van der Waals surface area contributed by atoms with Crippen LogP contribution in [-0.2, 0) is 0 Å². The van der Waals surface area contributed by atoms with E-state index in [0.29, 0.717) is 25.3 Å². The van der Waals surface area contributed by atoms with Crippen molar-refractivity contribution in [3.05, 3.63) is 58.5 Å². The second-order valence-electron chi connectivity index (χ2n) is 6.37. The van der Waals surface area contributed by atoms with E-state index in [-0.39, 0.29) is 5.91 Å². The van der Waals surface area contributed by atoms with Gasteiger partial charge in [0.25, 0.3) is 5.91 Å². The fourth-order valence-corrected chi connectivity index (χ4v) is 3.87. The van der Waals surface area contributed by atoms with Crippen LogP contribution in [0.5, 0.6) is 0 Å². The van der Waals surface area contributed by atoms with Crippen LogP contribution in [0.3, 0.4) is 0 Å². The number of aromatic nitrogens is 2. The van der Waals surface area contributed by atoms with Gasteiger partial charge in [0, 0.05) is 37.6 Å². The van der Waals surface area contributed by atoms with Gasteiger partial charge in [-0.3, -0.25) is 14.7 Å². The van der Waals surface area contributed by atoms with E-state index in [1.807, 2.05) is 46.7 Å². The van der Waals surface area contributed by atoms with Gasteiger partial charge >= 0.3 is 0 Å². The second kappa shape index (κ2) is 7.49. The largest absolute Gasteiger partial charge is 0.386 e. The van der Waals surface area contributed by atoms with Crippen molar-refractivity contribution in [1.82, 2.24) is 19.8 Å². The maximum Gasteiger partial charge on any atom is 0.274 e. The standard InChI is InChI=1S/C19H20N4O2S/c24-17(18-6-3-11-26-18)13-22-7-9-23(10-8-22)19(25)16-12-20-14-4-1-2-5-15(14)21-16/h1-6,11-12,17,24H,7-10,13H2. The highest BCUT2D eigenvalue weighted by molar-refractivity contribution is 7.10. The number of fused-ring (bicyclic) bond motifs is 1. The first-order valence-corrected chi connectivity index (χ1v) is 9.53. The number of benzene rings is 1. The Morgan fingerprint density at radius 3 is 2.62 bits per heavy atom. The third-order valence-electron chi connectivity index (χ3n) is 4.63. The summed E-state index contributed by atoms with van der Waals surface area (Å²) in [6, 6.07) is 11.4. The monoisotopic (exact) mass is 368 g/mol. The molecule has 6 nitrogen and oxygen atoms in total. The average Bonchev–Trinajstić information content (AvgIpc) is 3.23. The fourth-order valence-electron chi connectivity index (χ4n) is 3.17. The summed E-state index contributed by atoms with van der Waals surface area (Å²) in [6.07, 6.45) is 1.08. The van der Waals surface area contributed by atoms with Crippen LogP contribution in [-0.4, -0.2) is 63.5 Å². The molecule has 1 atom stereocenters. The number of amides is 1. The number of hydrogen-bond donors (Lipinski definition) is 1. The first-order chi connectivity index (χ1) is 12.7. The number of nitrogens with zero attached hydrogens (tertiary/aromatic N) is 4. The van der Waals surface area contributed by atoms with E-state index in [2.05, 4.69) is 14.9 Å². The van der Waals surface area contributed by atoms with Gasteiger partial charge in [-0.15, -0.1) is 11.3 Å². The quantitative estimate of drug-likeness (QED) is 0.764. The molecular formula is C19H20N4O2S. The Balaban J connectivity index is 1.37. The first kappa shape index (κ1) is 17.1. The number of rotatable bonds is 4. The minimum Gasteiger partial charge on any atom is -0.386 e. The molecule has 0 saturated carbocycles. The Hall–Kier alpha value is -2.35. The average molecular weight is 368 g/mol. The van der Waals surface area contributed by atoms with Crippen LogP contribution >= 0.6 is 11.3 Å². The van der Waals surface area contributed by atoms with E-state index < -0.39 is 6.10 Å². The predicted molar refractivity (Wildman–Crippen MR) is 101 cm³/mol. The minimum absolute atomic E-state index is 0.0818. The molecule has 0 aliphatic carbocycles. The summed E-state index contributed by atoms with van der Waals surface area (Å²) in [5.74, 6) is -0.0818. The van der Waals surface area contributed by atoms with Crippen LogP contribution in [0.25, 0.3) is 11.0 Å². The van der Waals surface area contributed by atoms with Crippen LogP contribution in [0.1, 0.15) is 21.5 Å². The number of piperazine rings is 1. The SMILES string of the molecule is O=C(c1cnc2ccccc2n1)N1CCN(CC(O)c2cccs2)CC1. The number of thiophene rings is 1. The number of para-hydroxylation sites is 2. The molecule has 2 aromatic heterocycles. The summed E-state index contributed by atoms with van der Waals surface area (Å²) in [7, 11) is 0. The summed E-state index contributed by atoms with van der Waals surface area (Å²) in [6.45, 7) is 3.34. The molecule has 26 heavy (non-hydrogen) atoms. The van der Waals surface area contributed by atoms with Gasteiger partial charge in [-0.2, -0.15) is 0 Å².